The molecule has 0 spiro atoms. The van der Waals surface area contributed by atoms with E-state index in [0.29, 0.717) is 29.7 Å². The van der Waals surface area contributed by atoms with Gasteiger partial charge in [-0.05, 0) is 86.1 Å². The molecule has 1 aliphatic heterocycles. The summed E-state index contributed by atoms with van der Waals surface area (Å²) in [6.07, 6.45) is 3.33. The number of hydrogen-bond acceptors (Lipinski definition) is 7. The van der Waals surface area contributed by atoms with E-state index >= 15 is 0 Å². The number of aryl methyl sites for hydroxylation is 2. The summed E-state index contributed by atoms with van der Waals surface area (Å²) in [5, 5.41) is 0. The number of rotatable bonds is 6. The number of imide groups is 1. The molecule has 8 nitrogen and oxygen atoms in total. The Bertz CT molecular complexity index is 1650. The first-order chi connectivity index (χ1) is 19.2. The lowest BCUT2D eigenvalue weighted by Gasteiger charge is -2.27. The fraction of sp³-hybridized carbons (Fsp3) is 0.290. The van der Waals surface area contributed by atoms with Gasteiger partial charge in [0.25, 0.3) is 11.8 Å². The van der Waals surface area contributed by atoms with Gasteiger partial charge in [0.15, 0.2) is 11.5 Å². The second kappa shape index (κ2) is 9.82. The van der Waals surface area contributed by atoms with Gasteiger partial charge in [0.1, 0.15) is 4.90 Å². The summed E-state index contributed by atoms with van der Waals surface area (Å²) in [7, 11) is -1.20. The van der Waals surface area contributed by atoms with Crippen LogP contribution in [-0.4, -0.2) is 45.4 Å². The van der Waals surface area contributed by atoms with Crippen molar-refractivity contribution >= 4 is 27.5 Å². The Morgan fingerprint density at radius 3 is 2.12 bits per heavy atom. The molecular weight excluding hydrogens is 530 g/mol. The third-order valence-corrected chi connectivity index (χ3v) is 9.24. The van der Waals surface area contributed by atoms with Crippen molar-refractivity contribution in [1.82, 2.24) is 4.90 Å². The summed E-state index contributed by atoms with van der Waals surface area (Å²) >= 11 is 0. The highest BCUT2D eigenvalue weighted by Gasteiger charge is 2.44. The van der Waals surface area contributed by atoms with Crippen molar-refractivity contribution in [1.29, 1.82) is 0 Å². The number of hydrogen-bond donors (Lipinski definition) is 0. The van der Waals surface area contributed by atoms with E-state index in [1.54, 1.807) is 42.5 Å². The molecular formula is C31H29NO7S. The molecule has 0 saturated carbocycles. The van der Waals surface area contributed by atoms with Gasteiger partial charge in [-0.1, -0.05) is 29.8 Å². The van der Waals surface area contributed by atoms with Crippen LogP contribution in [-0.2, 0) is 16.5 Å². The molecule has 1 heterocycles. The van der Waals surface area contributed by atoms with Crippen molar-refractivity contribution < 1.29 is 31.7 Å². The Kier molecular flexibility index (Phi) is 6.41. The Hall–Kier alpha value is -4.11. The zero-order valence-corrected chi connectivity index (χ0v) is 23.3. The maximum absolute atomic E-state index is 13.4. The normalized spacial score (nSPS) is 18.3. The first-order valence-electron chi connectivity index (χ1n) is 13.2. The van der Waals surface area contributed by atoms with Gasteiger partial charge in [-0.2, -0.15) is 8.42 Å². The molecule has 0 radical (unpaired) electrons. The van der Waals surface area contributed by atoms with Gasteiger partial charge in [0, 0.05) is 5.56 Å². The largest absolute Gasteiger partial charge is 0.492 e. The van der Waals surface area contributed by atoms with Crippen LogP contribution in [0.3, 0.4) is 0 Å². The number of carbonyl (C=O) groups is 2. The van der Waals surface area contributed by atoms with Gasteiger partial charge in [-0.3, -0.25) is 14.5 Å². The lowest BCUT2D eigenvalue weighted by atomic mass is 9.95. The average Bonchev–Trinajstić information content (AvgIpc) is 3.48. The number of nitrogens with zero attached hydrogens (tertiary/aromatic N) is 1. The zero-order chi connectivity index (χ0) is 28.2. The number of benzene rings is 3. The minimum atomic E-state index is -4.15. The van der Waals surface area contributed by atoms with Crippen molar-refractivity contribution in [2.75, 3.05) is 14.2 Å². The van der Waals surface area contributed by atoms with Crippen LogP contribution < -0.4 is 13.7 Å². The molecule has 3 aromatic carbocycles. The first-order valence-corrected chi connectivity index (χ1v) is 14.6. The van der Waals surface area contributed by atoms with E-state index in [-0.39, 0.29) is 28.2 Å². The zero-order valence-electron chi connectivity index (χ0n) is 22.5. The quantitative estimate of drug-likeness (QED) is 0.297. The molecule has 6 rings (SSSR count). The van der Waals surface area contributed by atoms with Crippen LogP contribution >= 0.6 is 0 Å². The molecule has 0 saturated heterocycles. The number of carbonyl (C=O) groups excluding carboxylic acids is 2. The molecule has 0 unspecified atom stereocenters. The van der Waals surface area contributed by atoms with E-state index in [4.69, 9.17) is 13.7 Å². The summed E-state index contributed by atoms with van der Waals surface area (Å²) in [6.45, 7) is 1.87. The van der Waals surface area contributed by atoms with E-state index in [9.17, 15) is 18.0 Å². The van der Waals surface area contributed by atoms with Gasteiger partial charge < -0.3 is 13.7 Å². The van der Waals surface area contributed by atoms with E-state index in [0.717, 1.165) is 47.1 Å². The number of amides is 2. The van der Waals surface area contributed by atoms with Gasteiger partial charge in [-0.25, -0.2) is 0 Å². The molecule has 3 aromatic rings. The fourth-order valence-corrected chi connectivity index (χ4v) is 7.10. The van der Waals surface area contributed by atoms with Gasteiger partial charge in [0.2, 0.25) is 5.75 Å². The van der Waals surface area contributed by atoms with E-state index in [2.05, 4.69) is 0 Å². The minimum Gasteiger partial charge on any atom is -0.492 e. The predicted molar refractivity (Wildman–Crippen MR) is 148 cm³/mol. The molecule has 2 aliphatic carbocycles. The number of fused-ring (bicyclic) bond motifs is 3. The van der Waals surface area contributed by atoms with Crippen LogP contribution in [0.2, 0.25) is 0 Å². The molecule has 0 N–H and O–H groups in total. The van der Waals surface area contributed by atoms with Crippen molar-refractivity contribution in [3.63, 3.8) is 0 Å². The topological polar surface area (TPSA) is 99.2 Å². The maximum atomic E-state index is 13.4. The number of allylic oxidation sites excluding steroid dienone is 1. The van der Waals surface area contributed by atoms with Crippen LogP contribution in [0, 0.1) is 6.92 Å². The maximum Gasteiger partial charge on any atom is 0.339 e. The van der Waals surface area contributed by atoms with E-state index in [1.165, 1.54) is 31.3 Å². The van der Waals surface area contributed by atoms with Gasteiger partial charge >= 0.3 is 10.1 Å². The monoisotopic (exact) mass is 559 g/mol. The highest BCUT2D eigenvalue weighted by atomic mass is 32.2. The Morgan fingerprint density at radius 1 is 0.850 bits per heavy atom. The van der Waals surface area contributed by atoms with Crippen LogP contribution in [0.4, 0.5) is 0 Å². The van der Waals surface area contributed by atoms with Crippen molar-refractivity contribution in [3.8, 4) is 17.2 Å². The fourth-order valence-electron chi connectivity index (χ4n) is 6.18. The standard InChI is InChI=1S/C31H29NO7S/c1-18-11-14-20(15-12-18)40(35,36)39-26-17-19-13-16-25(32-30(33)23-7-4-5-8-24(23)31(32)34)21-9-6-10-22(21)27(19)29(38-3)28(26)37-2/h4-5,7-8,11-12,14-15,17,25H,6,9-10,13,16H2,1-3H3/t25-/m0/s1. The number of ether oxygens (including phenoxy) is 2. The highest BCUT2D eigenvalue weighted by molar-refractivity contribution is 7.87. The summed E-state index contributed by atoms with van der Waals surface area (Å²) in [5.41, 5.74) is 5.46. The molecule has 3 aliphatic rings. The van der Waals surface area contributed by atoms with Crippen LogP contribution in [0.5, 0.6) is 17.2 Å². The van der Waals surface area contributed by atoms with Crippen molar-refractivity contribution in [2.45, 2.75) is 50.0 Å². The number of methoxy groups -OCH3 is 2. The third kappa shape index (κ3) is 4.07. The second-order valence-corrected chi connectivity index (χ2v) is 11.8. The molecule has 40 heavy (non-hydrogen) atoms. The molecule has 1 atom stereocenters. The Labute approximate surface area is 233 Å². The van der Waals surface area contributed by atoms with Crippen molar-refractivity contribution in [3.05, 3.63) is 88.0 Å². The molecule has 206 valence electrons. The highest BCUT2D eigenvalue weighted by Crippen LogP contribution is 2.52. The molecule has 0 fully saturated rings. The minimum absolute atomic E-state index is 0.0259. The van der Waals surface area contributed by atoms with Gasteiger partial charge in [-0.15, -0.1) is 0 Å². The molecule has 2 amide bonds. The molecule has 0 bridgehead atoms. The lowest BCUT2D eigenvalue weighted by Crippen LogP contribution is -2.41. The third-order valence-electron chi connectivity index (χ3n) is 7.99. The van der Waals surface area contributed by atoms with E-state index < -0.39 is 16.2 Å². The first kappa shape index (κ1) is 26.1. The Balaban J connectivity index is 1.44. The molecule has 9 heteroatoms. The van der Waals surface area contributed by atoms with Crippen LogP contribution in [0.1, 0.15) is 63.1 Å². The van der Waals surface area contributed by atoms with E-state index in [1.807, 2.05) is 6.92 Å². The Morgan fingerprint density at radius 2 is 1.50 bits per heavy atom. The SMILES string of the molecule is COc1c(OS(=O)(=O)c2ccc(C)cc2)cc2c(c1OC)C1=C(CCC1)[C@@H](N1C(=O)c3ccccc3C1=O)CC2. The summed E-state index contributed by atoms with van der Waals surface area (Å²) in [5.74, 6) is 0.0144. The van der Waals surface area contributed by atoms with Crippen molar-refractivity contribution in [2.24, 2.45) is 0 Å². The summed E-state index contributed by atoms with van der Waals surface area (Å²) in [6, 6.07) is 14.6. The predicted octanol–water partition coefficient (Wildman–Crippen LogP) is 5.33. The van der Waals surface area contributed by atoms with Crippen LogP contribution in [0.15, 0.2) is 65.1 Å². The lowest BCUT2D eigenvalue weighted by molar-refractivity contribution is 0.0601. The van der Waals surface area contributed by atoms with Gasteiger partial charge in [0.05, 0.1) is 31.4 Å². The average molecular weight is 560 g/mol. The second-order valence-electron chi connectivity index (χ2n) is 10.3. The smallest absolute Gasteiger partial charge is 0.339 e. The molecule has 0 aromatic heterocycles. The summed E-state index contributed by atoms with van der Waals surface area (Å²) < 4.78 is 43.6. The summed E-state index contributed by atoms with van der Waals surface area (Å²) in [4.78, 5) is 28.3. The van der Waals surface area contributed by atoms with Crippen LogP contribution in [0.25, 0.3) is 5.57 Å².